The Balaban J connectivity index is 1.86. The zero-order valence-electron chi connectivity index (χ0n) is 10.1. The van der Waals surface area contributed by atoms with Gasteiger partial charge in [0.2, 0.25) is 0 Å². The van der Waals surface area contributed by atoms with Crippen LogP contribution in [0.15, 0.2) is 24.3 Å². The number of benzene rings is 1. The van der Waals surface area contributed by atoms with Crippen molar-refractivity contribution in [1.29, 1.82) is 0 Å². The van der Waals surface area contributed by atoms with Gasteiger partial charge in [0.25, 0.3) is 0 Å². The number of nitrogens with one attached hydrogen (secondary N) is 1. The highest BCUT2D eigenvalue weighted by Gasteiger charge is 2.21. The molecule has 1 aromatic carbocycles. The van der Waals surface area contributed by atoms with Gasteiger partial charge >= 0.3 is 6.03 Å². The summed E-state index contributed by atoms with van der Waals surface area (Å²) in [7, 11) is 0. The van der Waals surface area contributed by atoms with E-state index in [1.807, 2.05) is 18.2 Å². The van der Waals surface area contributed by atoms with E-state index in [4.69, 9.17) is 11.6 Å². The summed E-state index contributed by atoms with van der Waals surface area (Å²) >= 11 is 6.01. The van der Waals surface area contributed by atoms with Gasteiger partial charge in [-0.25, -0.2) is 4.79 Å². The number of hydrogen-bond acceptors (Lipinski definition) is 2. The Labute approximate surface area is 112 Å². The van der Waals surface area contributed by atoms with E-state index in [2.05, 4.69) is 5.32 Å². The van der Waals surface area contributed by atoms with Gasteiger partial charge in [0.05, 0.1) is 6.10 Å². The number of β-amino-alcohol motifs (C(OH)–C–C–N with tert-alkyl or cyclic N) is 1. The number of piperidine rings is 1. The van der Waals surface area contributed by atoms with Crippen LogP contribution in [0.2, 0.25) is 5.02 Å². The number of hydrogen-bond donors (Lipinski definition) is 2. The molecule has 1 aliphatic rings. The van der Waals surface area contributed by atoms with E-state index in [9.17, 15) is 9.90 Å². The van der Waals surface area contributed by atoms with Crippen LogP contribution in [0, 0.1) is 0 Å². The highest BCUT2D eigenvalue weighted by Crippen LogP contribution is 2.15. The first-order valence-electron chi connectivity index (χ1n) is 6.11. The Bertz CT molecular complexity index is 425. The van der Waals surface area contributed by atoms with E-state index >= 15 is 0 Å². The van der Waals surface area contributed by atoms with Gasteiger partial charge in [-0.2, -0.15) is 0 Å². The molecule has 1 saturated heterocycles. The number of likely N-dealkylation sites (tertiary alicyclic amines) is 1. The van der Waals surface area contributed by atoms with E-state index in [0.717, 1.165) is 18.4 Å². The van der Waals surface area contributed by atoms with Crippen LogP contribution in [-0.2, 0) is 6.54 Å². The topological polar surface area (TPSA) is 52.6 Å². The van der Waals surface area contributed by atoms with E-state index in [0.29, 0.717) is 24.7 Å². The van der Waals surface area contributed by atoms with Gasteiger partial charge < -0.3 is 15.3 Å². The molecule has 2 amide bonds. The molecule has 18 heavy (non-hydrogen) atoms. The summed E-state index contributed by atoms with van der Waals surface area (Å²) in [6, 6.07) is 7.28. The average Bonchev–Trinajstić information content (AvgIpc) is 2.37. The third kappa shape index (κ3) is 3.37. The minimum absolute atomic E-state index is 0.145. The van der Waals surface area contributed by atoms with Crippen molar-refractivity contribution in [2.75, 3.05) is 13.1 Å². The fraction of sp³-hybridized carbons (Fsp3) is 0.462. The van der Waals surface area contributed by atoms with E-state index in [-0.39, 0.29) is 6.03 Å². The standard InChI is InChI=1S/C13H17ClN2O2/c14-12-6-2-1-4-10(12)8-15-13(18)16-7-3-5-11(17)9-16/h1-2,4,6,11,17H,3,5,7-9H2,(H,15,18). The molecule has 0 aromatic heterocycles. The third-order valence-corrected chi connectivity index (χ3v) is 3.44. The number of halogens is 1. The molecule has 0 spiro atoms. The molecule has 0 bridgehead atoms. The van der Waals surface area contributed by atoms with Crippen LogP contribution in [0.5, 0.6) is 0 Å². The number of aliphatic hydroxyl groups excluding tert-OH is 1. The largest absolute Gasteiger partial charge is 0.391 e. The molecule has 0 radical (unpaired) electrons. The third-order valence-electron chi connectivity index (χ3n) is 3.07. The maximum absolute atomic E-state index is 11.9. The maximum atomic E-state index is 11.9. The second-order valence-corrected chi connectivity index (χ2v) is 4.90. The molecular weight excluding hydrogens is 252 g/mol. The monoisotopic (exact) mass is 268 g/mol. The van der Waals surface area contributed by atoms with E-state index in [1.54, 1.807) is 11.0 Å². The van der Waals surface area contributed by atoms with Crippen LogP contribution in [0.25, 0.3) is 0 Å². The van der Waals surface area contributed by atoms with Crippen LogP contribution in [0.1, 0.15) is 18.4 Å². The van der Waals surface area contributed by atoms with Gasteiger partial charge in [-0.15, -0.1) is 0 Å². The minimum atomic E-state index is -0.398. The number of rotatable bonds is 2. The minimum Gasteiger partial charge on any atom is -0.391 e. The number of urea groups is 1. The molecule has 4 nitrogen and oxygen atoms in total. The van der Waals surface area contributed by atoms with Gasteiger partial charge in [-0.3, -0.25) is 0 Å². The van der Waals surface area contributed by atoms with Gasteiger partial charge in [0.1, 0.15) is 0 Å². The summed E-state index contributed by atoms with van der Waals surface area (Å²) in [5.74, 6) is 0. The summed E-state index contributed by atoms with van der Waals surface area (Å²) in [4.78, 5) is 13.5. The summed E-state index contributed by atoms with van der Waals surface area (Å²) in [5, 5.41) is 13.0. The lowest BCUT2D eigenvalue weighted by molar-refractivity contribution is 0.0842. The highest BCUT2D eigenvalue weighted by molar-refractivity contribution is 6.31. The first-order chi connectivity index (χ1) is 8.66. The second-order valence-electron chi connectivity index (χ2n) is 4.49. The number of nitrogens with zero attached hydrogens (tertiary/aromatic N) is 1. The van der Waals surface area contributed by atoms with Gasteiger partial charge in [-0.1, -0.05) is 29.8 Å². The lowest BCUT2D eigenvalue weighted by atomic mass is 10.1. The molecule has 1 atom stereocenters. The van der Waals surface area contributed by atoms with Crippen LogP contribution in [0.3, 0.4) is 0 Å². The predicted octanol–water partition coefficient (Wildman–Crippen LogP) is 2.01. The molecule has 5 heteroatoms. The highest BCUT2D eigenvalue weighted by atomic mass is 35.5. The molecular formula is C13H17ClN2O2. The zero-order valence-corrected chi connectivity index (χ0v) is 10.9. The Hall–Kier alpha value is -1.26. The predicted molar refractivity (Wildman–Crippen MR) is 70.5 cm³/mol. The molecule has 1 fully saturated rings. The van der Waals surface area contributed by atoms with Crippen molar-refractivity contribution in [2.24, 2.45) is 0 Å². The number of carbonyl (C=O) groups is 1. The van der Waals surface area contributed by atoms with Crippen molar-refractivity contribution in [3.8, 4) is 0 Å². The van der Waals surface area contributed by atoms with E-state index in [1.165, 1.54) is 0 Å². The van der Waals surface area contributed by atoms with Gasteiger partial charge in [-0.05, 0) is 24.5 Å². The SMILES string of the molecule is O=C(NCc1ccccc1Cl)N1CCCC(O)C1. The molecule has 0 aliphatic carbocycles. The average molecular weight is 269 g/mol. The number of carbonyl (C=O) groups excluding carboxylic acids is 1. The van der Waals surface area contributed by atoms with Gasteiger partial charge in [0, 0.05) is 24.7 Å². The summed E-state index contributed by atoms with van der Waals surface area (Å²) in [6.45, 7) is 1.52. The molecule has 1 aromatic rings. The first-order valence-corrected chi connectivity index (χ1v) is 6.49. The summed E-state index contributed by atoms with van der Waals surface area (Å²) in [5.41, 5.74) is 0.894. The summed E-state index contributed by atoms with van der Waals surface area (Å²) < 4.78 is 0. The lowest BCUT2D eigenvalue weighted by Crippen LogP contribution is -2.46. The van der Waals surface area contributed by atoms with Crippen LogP contribution in [-0.4, -0.2) is 35.2 Å². The van der Waals surface area contributed by atoms with Crippen molar-refractivity contribution >= 4 is 17.6 Å². The molecule has 2 N–H and O–H groups in total. The lowest BCUT2D eigenvalue weighted by Gasteiger charge is -2.30. The molecule has 1 unspecified atom stereocenters. The Kier molecular flexibility index (Phi) is 4.44. The van der Waals surface area contributed by atoms with Crippen LogP contribution < -0.4 is 5.32 Å². The molecule has 1 heterocycles. The van der Waals surface area contributed by atoms with Crippen molar-refractivity contribution in [3.63, 3.8) is 0 Å². The van der Waals surface area contributed by atoms with Crippen molar-refractivity contribution in [2.45, 2.75) is 25.5 Å². The van der Waals surface area contributed by atoms with E-state index < -0.39 is 6.10 Å². The Morgan fingerprint density at radius 1 is 1.50 bits per heavy atom. The quantitative estimate of drug-likeness (QED) is 0.862. The van der Waals surface area contributed by atoms with Crippen molar-refractivity contribution < 1.29 is 9.90 Å². The van der Waals surface area contributed by atoms with Crippen molar-refractivity contribution in [3.05, 3.63) is 34.9 Å². The Morgan fingerprint density at radius 2 is 2.28 bits per heavy atom. The van der Waals surface area contributed by atoms with Crippen LogP contribution >= 0.6 is 11.6 Å². The number of aliphatic hydroxyl groups is 1. The van der Waals surface area contributed by atoms with Crippen LogP contribution in [0.4, 0.5) is 4.79 Å². The molecule has 1 aliphatic heterocycles. The van der Waals surface area contributed by atoms with Gasteiger partial charge in [0.15, 0.2) is 0 Å². The zero-order chi connectivity index (χ0) is 13.0. The summed E-state index contributed by atoms with van der Waals surface area (Å²) in [6.07, 6.45) is 1.22. The van der Waals surface area contributed by atoms with Crippen molar-refractivity contribution in [1.82, 2.24) is 10.2 Å². The number of amides is 2. The molecule has 98 valence electrons. The first kappa shape index (κ1) is 13.2. The maximum Gasteiger partial charge on any atom is 0.317 e. The molecule has 0 saturated carbocycles. The fourth-order valence-electron chi connectivity index (χ4n) is 2.06. The molecule has 2 rings (SSSR count). The second kappa shape index (κ2) is 6.07. The normalized spacial score (nSPS) is 19.7. The smallest absolute Gasteiger partial charge is 0.317 e. The fourth-order valence-corrected chi connectivity index (χ4v) is 2.27. The Morgan fingerprint density at radius 3 is 3.00 bits per heavy atom.